The third kappa shape index (κ3) is 33.3. The molecule has 0 amide bonds. The number of rotatable bonds is 16. The first-order chi connectivity index (χ1) is 16.7. The topological polar surface area (TPSA) is 173 Å². The number of carbonyl (C=O) groups is 3. The summed E-state index contributed by atoms with van der Waals surface area (Å²) in [5, 5.41) is 51.4. The molecule has 6 N–H and O–H groups in total. The molecule has 0 aromatic carbocycles. The van der Waals surface area contributed by atoms with E-state index in [1.54, 1.807) is 0 Å². The maximum Gasteiger partial charge on any atom is 0.303 e. The lowest BCUT2D eigenvalue weighted by molar-refractivity contribution is -0.138. The van der Waals surface area contributed by atoms with Gasteiger partial charge in [0.1, 0.15) is 0 Å². The van der Waals surface area contributed by atoms with Crippen LogP contribution in [-0.4, -0.2) is 84.1 Å². The second-order valence-electron chi connectivity index (χ2n) is 8.31. The van der Waals surface area contributed by atoms with Gasteiger partial charge in [-0.05, 0) is 44.9 Å². The molecule has 0 aliphatic heterocycles. The number of aliphatic carboxylic acids is 3. The van der Waals surface area contributed by atoms with Gasteiger partial charge >= 0.3 is 17.9 Å². The fraction of sp³-hybridized carbons (Fsp3) is 0.875. The lowest BCUT2D eigenvalue weighted by Gasteiger charge is -2.24. The second-order valence-corrected chi connectivity index (χ2v) is 10.5. The Bertz CT molecular complexity index is 458. The standard InChI is InChI=1S/C6H14O3.3C6H12O2S/c1-2-6(3-7,4-8)5-9;3*1-2-5(9)3-4-6(7)8/h7-9H,2-5H2,1H3;3*5,9H,2-4H2,1H3,(H,7,8). The fourth-order valence-corrected chi connectivity index (χ4v) is 2.36. The Labute approximate surface area is 233 Å². The normalized spacial score (nSPS) is 12.8. The van der Waals surface area contributed by atoms with Gasteiger partial charge in [-0.1, -0.05) is 27.7 Å². The van der Waals surface area contributed by atoms with Crippen LogP contribution in [0.5, 0.6) is 0 Å². The summed E-state index contributed by atoms with van der Waals surface area (Å²) in [4.78, 5) is 30.0. The molecule has 0 bridgehead atoms. The highest BCUT2D eigenvalue weighted by Crippen LogP contribution is 2.18. The van der Waals surface area contributed by atoms with Gasteiger partial charge in [-0.2, -0.15) is 37.9 Å². The molecule has 9 nitrogen and oxygen atoms in total. The first kappa shape index (κ1) is 42.4. The minimum Gasteiger partial charge on any atom is -0.481 e. The van der Waals surface area contributed by atoms with Gasteiger partial charge in [-0.15, -0.1) is 0 Å². The molecule has 0 aromatic heterocycles. The zero-order chi connectivity index (χ0) is 29.2. The van der Waals surface area contributed by atoms with Gasteiger partial charge in [0.05, 0.1) is 19.8 Å². The average Bonchev–Trinajstić information content (AvgIpc) is 2.87. The van der Waals surface area contributed by atoms with E-state index in [4.69, 9.17) is 30.6 Å². The monoisotopic (exact) mass is 578 g/mol. The number of aliphatic hydroxyl groups excluding tert-OH is 3. The Morgan fingerprint density at radius 1 is 0.583 bits per heavy atom. The van der Waals surface area contributed by atoms with E-state index in [0.29, 0.717) is 25.7 Å². The van der Waals surface area contributed by atoms with Crippen molar-refractivity contribution in [3.05, 3.63) is 0 Å². The zero-order valence-corrected chi connectivity index (χ0v) is 24.9. The van der Waals surface area contributed by atoms with Crippen LogP contribution in [0.2, 0.25) is 0 Å². The van der Waals surface area contributed by atoms with E-state index in [1.165, 1.54) is 0 Å². The van der Waals surface area contributed by atoms with Gasteiger partial charge < -0.3 is 30.6 Å². The minimum atomic E-state index is -0.734. The van der Waals surface area contributed by atoms with Gasteiger partial charge in [0, 0.05) is 40.4 Å². The number of hydrogen-bond acceptors (Lipinski definition) is 9. The Balaban J connectivity index is -0.000000190. The summed E-state index contributed by atoms with van der Waals surface area (Å²) in [6.07, 6.45) is 6.16. The van der Waals surface area contributed by atoms with E-state index in [2.05, 4.69) is 37.9 Å². The molecule has 0 spiro atoms. The summed E-state index contributed by atoms with van der Waals surface area (Å²) in [7, 11) is 0. The van der Waals surface area contributed by atoms with Gasteiger partial charge in [0.25, 0.3) is 0 Å². The quantitative estimate of drug-likeness (QED) is 0.123. The Kier molecular flexibility index (Phi) is 34.1. The predicted octanol–water partition coefficient (Wildman–Crippen LogP) is 4.04. The van der Waals surface area contributed by atoms with Crippen LogP contribution in [0, 0.1) is 5.41 Å². The number of thiol groups is 3. The maximum atomic E-state index is 9.99. The van der Waals surface area contributed by atoms with Crippen LogP contribution in [0.15, 0.2) is 0 Å². The lowest BCUT2D eigenvalue weighted by atomic mass is 9.88. The van der Waals surface area contributed by atoms with Crippen LogP contribution >= 0.6 is 37.9 Å². The Morgan fingerprint density at radius 3 is 0.889 bits per heavy atom. The summed E-state index contributed by atoms with van der Waals surface area (Å²) in [6.45, 7) is 7.35. The molecule has 218 valence electrons. The van der Waals surface area contributed by atoms with Crippen LogP contribution in [0.1, 0.15) is 91.9 Å². The molecule has 0 radical (unpaired) electrons. The molecule has 3 atom stereocenters. The smallest absolute Gasteiger partial charge is 0.303 e. The molecule has 3 unspecified atom stereocenters. The molecule has 12 heteroatoms. The van der Waals surface area contributed by atoms with Crippen molar-refractivity contribution in [3.8, 4) is 0 Å². The number of hydrogen-bond donors (Lipinski definition) is 9. The minimum absolute atomic E-state index is 0.156. The lowest BCUT2D eigenvalue weighted by Crippen LogP contribution is -2.32. The van der Waals surface area contributed by atoms with Crippen LogP contribution in [0.4, 0.5) is 0 Å². The van der Waals surface area contributed by atoms with Gasteiger partial charge in [-0.25, -0.2) is 0 Å². The summed E-state index contributed by atoms with van der Waals surface area (Å²) in [5.41, 5.74) is -0.667. The molecular weight excluding hydrogens is 528 g/mol. The molecular formula is C24H50O9S3. The van der Waals surface area contributed by atoms with Crippen molar-refractivity contribution in [2.24, 2.45) is 5.41 Å². The Hall–Kier alpha value is -0.660. The third-order valence-corrected chi connectivity index (χ3v) is 7.11. The fourth-order valence-electron chi connectivity index (χ4n) is 1.97. The van der Waals surface area contributed by atoms with Gasteiger partial charge in [0.15, 0.2) is 0 Å². The van der Waals surface area contributed by atoms with E-state index in [0.717, 1.165) is 19.3 Å². The molecule has 0 rings (SSSR count). The van der Waals surface area contributed by atoms with Gasteiger partial charge in [0.2, 0.25) is 0 Å². The number of carboxylic acid groups (broad SMARTS) is 3. The predicted molar refractivity (Wildman–Crippen MR) is 154 cm³/mol. The van der Waals surface area contributed by atoms with Crippen molar-refractivity contribution in [3.63, 3.8) is 0 Å². The molecule has 0 heterocycles. The van der Waals surface area contributed by atoms with Crippen LogP contribution in [0.3, 0.4) is 0 Å². The molecule has 0 aliphatic rings. The maximum absolute atomic E-state index is 9.99. The third-order valence-electron chi connectivity index (χ3n) is 5.24. The van der Waals surface area contributed by atoms with Crippen LogP contribution < -0.4 is 0 Å². The first-order valence-corrected chi connectivity index (χ1v) is 13.8. The molecule has 0 saturated heterocycles. The van der Waals surface area contributed by atoms with Crippen molar-refractivity contribution >= 4 is 55.8 Å². The summed E-state index contributed by atoms with van der Waals surface area (Å²) >= 11 is 12.4. The average molecular weight is 579 g/mol. The summed E-state index contributed by atoms with van der Waals surface area (Å²) < 4.78 is 0. The second kappa shape index (κ2) is 28.9. The zero-order valence-electron chi connectivity index (χ0n) is 22.2. The molecule has 0 fully saturated rings. The van der Waals surface area contributed by atoms with Crippen molar-refractivity contribution in [2.75, 3.05) is 19.8 Å². The Morgan fingerprint density at radius 2 is 0.806 bits per heavy atom. The highest BCUT2D eigenvalue weighted by molar-refractivity contribution is 7.81. The van der Waals surface area contributed by atoms with Crippen LogP contribution in [-0.2, 0) is 14.4 Å². The largest absolute Gasteiger partial charge is 0.481 e. The van der Waals surface area contributed by atoms with Crippen molar-refractivity contribution in [1.82, 2.24) is 0 Å². The van der Waals surface area contributed by atoms with Crippen LogP contribution in [0.25, 0.3) is 0 Å². The van der Waals surface area contributed by atoms with E-state index in [1.807, 2.05) is 27.7 Å². The SMILES string of the molecule is CCC(CO)(CO)CO.CCC(S)CCC(=O)O.CCC(S)CCC(=O)O.CCC(S)CCC(=O)O. The number of carboxylic acids is 3. The molecule has 0 aliphatic carbocycles. The van der Waals surface area contributed by atoms with Crippen molar-refractivity contribution < 1.29 is 45.0 Å². The molecule has 0 aromatic rings. The van der Waals surface area contributed by atoms with Crippen molar-refractivity contribution in [2.45, 2.75) is 108 Å². The van der Waals surface area contributed by atoms with E-state index < -0.39 is 23.3 Å². The number of aliphatic hydroxyl groups is 3. The molecule has 0 saturated carbocycles. The van der Waals surface area contributed by atoms with E-state index in [-0.39, 0.29) is 54.8 Å². The highest BCUT2D eigenvalue weighted by Gasteiger charge is 2.24. The highest BCUT2D eigenvalue weighted by atomic mass is 32.1. The summed E-state index contributed by atoms with van der Waals surface area (Å²) in [6, 6.07) is 0. The first-order valence-electron chi connectivity index (χ1n) is 12.3. The summed E-state index contributed by atoms with van der Waals surface area (Å²) in [5.74, 6) is -2.20. The molecule has 36 heavy (non-hydrogen) atoms. The van der Waals surface area contributed by atoms with Crippen molar-refractivity contribution in [1.29, 1.82) is 0 Å². The van der Waals surface area contributed by atoms with E-state index >= 15 is 0 Å². The van der Waals surface area contributed by atoms with E-state index in [9.17, 15) is 14.4 Å². The van der Waals surface area contributed by atoms with Gasteiger partial charge in [-0.3, -0.25) is 14.4 Å².